The van der Waals surface area contributed by atoms with E-state index in [0.29, 0.717) is 34.3 Å². The first-order chi connectivity index (χ1) is 17.0. The Hall–Kier alpha value is -3.49. The van der Waals surface area contributed by atoms with Gasteiger partial charge in [-0.05, 0) is 59.3 Å². The Bertz CT molecular complexity index is 1390. The highest BCUT2D eigenvalue weighted by Crippen LogP contribution is 2.37. The third kappa shape index (κ3) is 5.78. The van der Waals surface area contributed by atoms with E-state index >= 15 is 0 Å². The van der Waals surface area contributed by atoms with Gasteiger partial charge in [-0.25, -0.2) is 4.79 Å². The second-order valence-corrected chi connectivity index (χ2v) is 8.96. The van der Waals surface area contributed by atoms with Crippen LogP contribution in [0.2, 0.25) is 5.02 Å². The van der Waals surface area contributed by atoms with Crippen LogP contribution in [0.3, 0.4) is 0 Å². The lowest BCUT2D eigenvalue weighted by Crippen LogP contribution is -2.01. The summed E-state index contributed by atoms with van der Waals surface area (Å²) < 4.78 is 17.1. The van der Waals surface area contributed by atoms with E-state index in [1.54, 1.807) is 24.3 Å². The van der Waals surface area contributed by atoms with Crippen LogP contribution in [0, 0.1) is 0 Å². The number of unbranched alkanes of at least 4 members (excludes halogenated alkanes) is 1. The van der Waals surface area contributed by atoms with Crippen LogP contribution in [0.15, 0.2) is 69.1 Å². The molecule has 0 amide bonds. The van der Waals surface area contributed by atoms with Crippen molar-refractivity contribution >= 4 is 46.2 Å². The quantitative estimate of drug-likeness (QED) is 0.139. The molecule has 1 N–H and O–H groups in total. The highest BCUT2D eigenvalue weighted by Gasteiger charge is 2.19. The van der Waals surface area contributed by atoms with E-state index in [0.717, 1.165) is 35.4 Å². The third-order valence-corrected chi connectivity index (χ3v) is 6.26. The molecule has 180 valence electrons. The number of hydrogen-bond acceptors (Lipinski definition) is 7. The van der Waals surface area contributed by atoms with Crippen molar-refractivity contribution in [2.45, 2.75) is 25.0 Å². The second kappa shape index (κ2) is 11.3. The number of aromatic nitrogens is 2. The van der Waals surface area contributed by atoms with Crippen LogP contribution in [0.25, 0.3) is 28.3 Å². The number of nitrogens with zero attached hydrogens (tertiary/aromatic N) is 2. The Morgan fingerprint density at radius 2 is 1.94 bits per heavy atom. The van der Waals surface area contributed by atoms with Crippen LogP contribution in [0.1, 0.15) is 25.3 Å². The predicted octanol–water partition coefficient (Wildman–Crippen LogP) is 6.95. The molecule has 0 radical (unpaired) electrons. The molecule has 3 aromatic carbocycles. The van der Waals surface area contributed by atoms with Gasteiger partial charge in [0, 0.05) is 10.6 Å². The topological polar surface area (TPSA) is 94.7 Å². The molecule has 0 saturated carbocycles. The van der Waals surface area contributed by atoms with Crippen molar-refractivity contribution in [1.29, 1.82) is 0 Å². The van der Waals surface area contributed by atoms with Crippen molar-refractivity contribution in [2.24, 2.45) is 0 Å². The Morgan fingerprint density at radius 1 is 1.14 bits per heavy atom. The maximum absolute atomic E-state index is 12.2. The van der Waals surface area contributed by atoms with Crippen molar-refractivity contribution in [3.05, 3.63) is 70.1 Å². The van der Waals surface area contributed by atoms with Crippen LogP contribution in [0.5, 0.6) is 11.5 Å². The number of rotatable bonds is 10. The molecule has 0 fully saturated rings. The Balaban J connectivity index is 1.71. The molecule has 0 atom stereocenters. The lowest BCUT2D eigenvalue weighted by molar-refractivity contribution is -0.131. The summed E-state index contributed by atoms with van der Waals surface area (Å²) in [4.78, 5) is 12.2. The van der Waals surface area contributed by atoms with Crippen molar-refractivity contribution in [1.82, 2.24) is 10.2 Å². The fourth-order valence-electron chi connectivity index (χ4n) is 3.44. The average Bonchev–Trinajstić information content (AvgIpc) is 3.33. The van der Waals surface area contributed by atoms with Crippen LogP contribution in [-0.4, -0.2) is 35.0 Å². The zero-order chi connectivity index (χ0) is 24.8. The van der Waals surface area contributed by atoms with E-state index in [4.69, 9.17) is 25.5 Å². The van der Waals surface area contributed by atoms with E-state index < -0.39 is 5.97 Å². The summed E-state index contributed by atoms with van der Waals surface area (Å²) >= 11 is 6.97. The molecule has 0 saturated heterocycles. The van der Waals surface area contributed by atoms with E-state index in [2.05, 4.69) is 17.1 Å². The molecule has 35 heavy (non-hydrogen) atoms. The molecule has 1 heterocycles. The molecule has 0 spiro atoms. The van der Waals surface area contributed by atoms with Gasteiger partial charge in [0.05, 0.1) is 19.3 Å². The van der Waals surface area contributed by atoms with Gasteiger partial charge in [-0.2, -0.15) is 0 Å². The zero-order valence-corrected chi connectivity index (χ0v) is 20.7. The van der Waals surface area contributed by atoms with Crippen LogP contribution in [-0.2, 0) is 4.79 Å². The van der Waals surface area contributed by atoms with Crippen molar-refractivity contribution in [3.8, 4) is 23.0 Å². The number of thioether (sulfide) groups is 1. The summed E-state index contributed by atoms with van der Waals surface area (Å²) in [5.74, 6) is 0.174. The summed E-state index contributed by atoms with van der Waals surface area (Å²) in [6.07, 6.45) is 3.47. The lowest BCUT2D eigenvalue weighted by Gasteiger charge is -2.12. The number of halogens is 1. The van der Waals surface area contributed by atoms with E-state index in [-0.39, 0.29) is 16.0 Å². The van der Waals surface area contributed by atoms with Crippen LogP contribution >= 0.6 is 23.4 Å². The molecular formula is C26H23ClN2O5S. The monoisotopic (exact) mass is 510 g/mol. The molecule has 0 aliphatic rings. The van der Waals surface area contributed by atoms with Crippen molar-refractivity contribution < 1.29 is 23.8 Å². The summed E-state index contributed by atoms with van der Waals surface area (Å²) in [6.45, 7) is 2.63. The predicted molar refractivity (Wildman–Crippen MR) is 137 cm³/mol. The summed E-state index contributed by atoms with van der Waals surface area (Å²) in [7, 11) is 1.52. The van der Waals surface area contributed by atoms with Crippen molar-refractivity contribution in [3.63, 3.8) is 0 Å². The minimum Gasteiger partial charge on any atom is -0.496 e. The number of carboxylic acids is 1. The van der Waals surface area contributed by atoms with Gasteiger partial charge in [-0.15, -0.1) is 10.2 Å². The van der Waals surface area contributed by atoms with Crippen LogP contribution in [0.4, 0.5) is 0 Å². The van der Waals surface area contributed by atoms with Crippen molar-refractivity contribution in [2.75, 3.05) is 13.7 Å². The van der Waals surface area contributed by atoms with Gasteiger partial charge in [0.2, 0.25) is 0 Å². The molecule has 0 aliphatic heterocycles. The van der Waals surface area contributed by atoms with E-state index in [1.807, 2.05) is 36.4 Å². The zero-order valence-electron chi connectivity index (χ0n) is 19.2. The number of benzene rings is 3. The fraction of sp³-hybridized carbons (Fsp3) is 0.192. The largest absolute Gasteiger partial charge is 0.496 e. The first kappa shape index (κ1) is 24.6. The Kier molecular flexibility index (Phi) is 7.94. The summed E-state index contributed by atoms with van der Waals surface area (Å²) in [5.41, 5.74) is 1.20. The number of methoxy groups -OCH3 is 1. The van der Waals surface area contributed by atoms with Gasteiger partial charge in [-0.3, -0.25) is 0 Å². The van der Waals surface area contributed by atoms with Crippen LogP contribution < -0.4 is 9.47 Å². The first-order valence-electron chi connectivity index (χ1n) is 10.9. The summed E-state index contributed by atoms with van der Waals surface area (Å²) in [5, 5.41) is 20.4. The minimum atomic E-state index is -1.12. The molecule has 7 nitrogen and oxygen atoms in total. The maximum atomic E-state index is 12.2. The molecule has 1 aromatic heterocycles. The fourth-order valence-corrected chi connectivity index (χ4v) is 4.27. The number of ether oxygens (including phenoxy) is 2. The average molecular weight is 511 g/mol. The van der Waals surface area contributed by atoms with Gasteiger partial charge in [0.25, 0.3) is 11.1 Å². The van der Waals surface area contributed by atoms with Gasteiger partial charge in [0.15, 0.2) is 0 Å². The number of aliphatic carboxylic acids is 1. The molecule has 0 aliphatic carbocycles. The van der Waals surface area contributed by atoms with Gasteiger partial charge in [0.1, 0.15) is 16.4 Å². The maximum Gasteiger partial charge on any atom is 0.342 e. The third-order valence-electron chi connectivity index (χ3n) is 5.17. The molecule has 0 bridgehead atoms. The Labute approximate surface area is 211 Å². The summed E-state index contributed by atoms with van der Waals surface area (Å²) in [6, 6.07) is 16.6. The highest BCUT2D eigenvalue weighted by atomic mass is 35.5. The smallest absolute Gasteiger partial charge is 0.342 e. The van der Waals surface area contributed by atoms with E-state index in [9.17, 15) is 9.90 Å². The molecule has 0 unspecified atom stereocenters. The van der Waals surface area contributed by atoms with Gasteiger partial charge < -0.3 is 19.0 Å². The normalized spacial score (nSPS) is 11.6. The lowest BCUT2D eigenvalue weighted by atomic mass is 10.0. The number of fused-ring (bicyclic) bond motifs is 1. The first-order valence-corrected chi connectivity index (χ1v) is 12.1. The number of hydrogen-bond donors (Lipinski definition) is 1. The molecule has 4 rings (SSSR count). The number of carboxylic acid groups (broad SMARTS) is 1. The molecule has 4 aromatic rings. The standard InChI is InChI=1S/C26H23ClN2O5S/c1-3-4-13-33-22-11-9-16-7-5-6-8-18(16)19(22)15-23(25(30)31)35-26-29-28-24(34-26)20-14-17(27)10-12-21(20)32-2/h5-12,14-15H,3-4,13H2,1-2H3,(H,30,31)/b23-15-. The van der Waals surface area contributed by atoms with Gasteiger partial charge in [-0.1, -0.05) is 55.3 Å². The number of carbonyl (C=O) groups is 1. The highest BCUT2D eigenvalue weighted by molar-refractivity contribution is 8.03. The molecule has 9 heteroatoms. The van der Waals surface area contributed by atoms with Gasteiger partial charge >= 0.3 is 5.97 Å². The minimum absolute atomic E-state index is 0.00922. The second-order valence-electron chi connectivity index (χ2n) is 7.53. The molecular weight excluding hydrogens is 488 g/mol. The SMILES string of the molecule is CCCCOc1ccc2ccccc2c1/C=C(\Sc1nnc(-c2cc(Cl)ccc2OC)o1)C(=O)O. The Morgan fingerprint density at radius 3 is 2.71 bits per heavy atom. The van der Waals surface area contributed by atoms with E-state index in [1.165, 1.54) is 7.11 Å².